The van der Waals surface area contributed by atoms with Crippen molar-refractivity contribution in [1.82, 2.24) is 4.98 Å². The van der Waals surface area contributed by atoms with Crippen molar-refractivity contribution in [1.29, 1.82) is 0 Å². The number of fused-ring (bicyclic) bond motifs is 1. The number of nitrogens with zero attached hydrogens (tertiary/aromatic N) is 2. The molecular weight excluding hydrogens is 540 g/mol. The van der Waals surface area contributed by atoms with Gasteiger partial charge in [-0.2, -0.15) is 0 Å². The molecule has 0 radical (unpaired) electrons. The van der Waals surface area contributed by atoms with Gasteiger partial charge in [-0.15, -0.1) is 0 Å². The number of oxazole rings is 1. The van der Waals surface area contributed by atoms with Crippen LogP contribution in [0.25, 0.3) is 44.8 Å². The lowest BCUT2D eigenvalue weighted by molar-refractivity contribution is 0.473. The van der Waals surface area contributed by atoms with Gasteiger partial charge in [0.05, 0.1) is 11.3 Å². The fraction of sp³-hybridized carbons (Fsp3) is 0.200. The average Bonchev–Trinajstić information content (AvgIpc) is 3.44. The Balaban J connectivity index is 1.47. The maximum atomic E-state index is 10.6. The molecule has 0 spiro atoms. The van der Waals surface area contributed by atoms with Crippen LogP contribution in [0.15, 0.2) is 119 Å². The number of aromatic hydroxyl groups is 1. The Morgan fingerprint density at radius 1 is 0.636 bits per heavy atom. The second kappa shape index (κ2) is 11.3. The molecule has 0 aliphatic rings. The minimum Gasteiger partial charge on any atom is -0.507 e. The first-order valence-electron chi connectivity index (χ1n) is 15.1. The van der Waals surface area contributed by atoms with Gasteiger partial charge >= 0.3 is 0 Å². The summed E-state index contributed by atoms with van der Waals surface area (Å²) in [5.74, 6) is 0.690. The molecule has 1 N–H and O–H groups in total. The van der Waals surface area contributed by atoms with E-state index in [2.05, 4.69) is 90.1 Å². The van der Waals surface area contributed by atoms with Crippen LogP contribution in [0, 0.1) is 0 Å². The number of aliphatic imine (C=N–C) groups is 1. The van der Waals surface area contributed by atoms with Crippen LogP contribution in [0.3, 0.4) is 0 Å². The molecule has 0 bridgehead atoms. The second-order valence-corrected chi connectivity index (χ2v) is 13.4. The number of hydrogen-bond donors (Lipinski definition) is 1. The van der Waals surface area contributed by atoms with Crippen LogP contribution in [0.2, 0.25) is 0 Å². The molecule has 1 aromatic heterocycles. The molecule has 0 amide bonds. The highest BCUT2D eigenvalue weighted by atomic mass is 16.3. The number of aromatic nitrogens is 1. The minimum atomic E-state index is -0.0459. The molecule has 4 nitrogen and oxygen atoms in total. The second-order valence-electron chi connectivity index (χ2n) is 13.4. The van der Waals surface area contributed by atoms with E-state index in [1.807, 2.05) is 54.6 Å². The molecule has 0 aliphatic carbocycles. The van der Waals surface area contributed by atoms with Gasteiger partial charge in [0.1, 0.15) is 11.3 Å². The molecule has 6 rings (SSSR count). The van der Waals surface area contributed by atoms with E-state index in [1.165, 1.54) is 5.56 Å². The monoisotopic (exact) mass is 578 g/mol. The number of benzene rings is 5. The topological polar surface area (TPSA) is 58.6 Å². The van der Waals surface area contributed by atoms with Crippen LogP contribution >= 0.6 is 0 Å². The fourth-order valence-electron chi connectivity index (χ4n) is 5.34. The molecule has 0 saturated heterocycles. The Morgan fingerprint density at radius 2 is 1.32 bits per heavy atom. The third-order valence-electron chi connectivity index (χ3n) is 8.01. The molecule has 0 unspecified atom stereocenters. The maximum absolute atomic E-state index is 10.6. The van der Waals surface area contributed by atoms with Gasteiger partial charge < -0.3 is 9.52 Å². The molecule has 6 aromatic rings. The highest BCUT2D eigenvalue weighted by Gasteiger charge is 2.19. The minimum absolute atomic E-state index is 0.0386. The Bertz CT molecular complexity index is 1990. The zero-order chi connectivity index (χ0) is 31.1. The largest absolute Gasteiger partial charge is 0.507 e. The summed E-state index contributed by atoms with van der Waals surface area (Å²) < 4.78 is 6.52. The van der Waals surface area contributed by atoms with E-state index >= 15 is 0 Å². The lowest BCUT2D eigenvalue weighted by Gasteiger charge is -2.20. The first-order chi connectivity index (χ1) is 21.0. The van der Waals surface area contributed by atoms with Crippen LogP contribution in [-0.2, 0) is 10.8 Å². The average molecular weight is 579 g/mol. The first kappa shape index (κ1) is 29.1. The molecule has 4 heteroatoms. The van der Waals surface area contributed by atoms with Crippen molar-refractivity contribution >= 4 is 23.0 Å². The molecule has 0 fully saturated rings. The summed E-state index contributed by atoms with van der Waals surface area (Å²) in [5.41, 5.74) is 10.4. The van der Waals surface area contributed by atoms with Gasteiger partial charge in [0.25, 0.3) is 0 Å². The third-order valence-corrected chi connectivity index (χ3v) is 8.01. The van der Waals surface area contributed by atoms with Crippen LogP contribution in [0.5, 0.6) is 5.75 Å². The van der Waals surface area contributed by atoms with Gasteiger partial charge in [0.2, 0.25) is 5.89 Å². The van der Waals surface area contributed by atoms with Gasteiger partial charge in [-0.3, -0.25) is 4.99 Å². The van der Waals surface area contributed by atoms with E-state index in [9.17, 15) is 5.11 Å². The van der Waals surface area contributed by atoms with E-state index < -0.39 is 0 Å². The van der Waals surface area contributed by atoms with E-state index in [-0.39, 0.29) is 16.6 Å². The molecule has 220 valence electrons. The van der Waals surface area contributed by atoms with Gasteiger partial charge in [-0.05, 0) is 75.0 Å². The normalized spacial score (nSPS) is 12.3. The lowest BCUT2D eigenvalue weighted by Crippen LogP contribution is -2.11. The molecule has 0 saturated carbocycles. The maximum Gasteiger partial charge on any atom is 0.229 e. The summed E-state index contributed by atoms with van der Waals surface area (Å²) in [5, 5.41) is 10.6. The van der Waals surface area contributed by atoms with Crippen molar-refractivity contribution < 1.29 is 9.52 Å². The van der Waals surface area contributed by atoms with Crippen molar-refractivity contribution in [2.24, 2.45) is 4.99 Å². The number of phenolic OH excluding ortho intramolecular Hbond substituents is 1. The molecule has 0 atom stereocenters. The van der Waals surface area contributed by atoms with Crippen LogP contribution < -0.4 is 0 Å². The summed E-state index contributed by atoms with van der Waals surface area (Å²) in [7, 11) is 0. The quantitative estimate of drug-likeness (QED) is 0.207. The molecular formula is C40H38N2O2. The summed E-state index contributed by atoms with van der Waals surface area (Å²) >= 11 is 0. The Kier molecular flexibility index (Phi) is 7.46. The van der Waals surface area contributed by atoms with Crippen LogP contribution in [0.1, 0.15) is 58.2 Å². The summed E-state index contributed by atoms with van der Waals surface area (Å²) in [4.78, 5) is 9.84. The fourth-order valence-corrected chi connectivity index (χ4v) is 5.34. The lowest BCUT2D eigenvalue weighted by atomic mass is 9.85. The summed E-state index contributed by atoms with van der Waals surface area (Å²) in [6, 6.07) is 36.8. The smallest absolute Gasteiger partial charge is 0.229 e. The Hall–Kier alpha value is -4.96. The number of para-hydroxylation sites is 1. The van der Waals surface area contributed by atoms with E-state index in [0.717, 1.165) is 38.9 Å². The van der Waals surface area contributed by atoms with Crippen LogP contribution in [-0.4, -0.2) is 16.3 Å². The predicted molar refractivity (Wildman–Crippen MR) is 183 cm³/mol. The van der Waals surface area contributed by atoms with Crippen molar-refractivity contribution in [3.05, 3.63) is 126 Å². The zero-order valence-electron chi connectivity index (χ0n) is 26.2. The van der Waals surface area contributed by atoms with Crippen molar-refractivity contribution in [2.45, 2.75) is 52.4 Å². The van der Waals surface area contributed by atoms with Crippen LogP contribution in [0.4, 0.5) is 5.69 Å². The number of rotatable bonds is 5. The van der Waals surface area contributed by atoms with E-state index in [0.29, 0.717) is 22.7 Å². The van der Waals surface area contributed by atoms with Gasteiger partial charge in [-0.1, -0.05) is 114 Å². The molecule has 1 heterocycles. The van der Waals surface area contributed by atoms with Gasteiger partial charge in [0.15, 0.2) is 5.58 Å². The summed E-state index contributed by atoms with van der Waals surface area (Å²) in [6.07, 6.45) is 1.71. The van der Waals surface area contributed by atoms with Crippen molar-refractivity contribution in [3.63, 3.8) is 0 Å². The van der Waals surface area contributed by atoms with E-state index in [4.69, 9.17) is 14.4 Å². The molecule has 0 aliphatic heterocycles. The highest BCUT2D eigenvalue weighted by molar-refractivity contribution is 5.97. The third kappa shape index (κ3) is 5.93. The van der Waals surface area contributed by atoms with E-state index in [1.54, 1.807) is 12.3 Å². The molecule has 44 heavy (non-hydrogen) atoms. The zero-order valence-corrected chi connectivity index (χ0v) is 26.2. The standard InChI is InChI=1S/C40H38N2O2/c1-39(2,3)30-16-12-15-27(21-30)28-23-33(26-13-8-7-9-14-26)37-36(24-28)44-38(42-37)32-17-10-11-18-34(32)41-25-29-22-31(40(4,5)6)19-20-35(29)43/h7-25,43H,1-6H3. The SMILES string of the molecule is CC(C)(C)c1cccc(-c2cc(-c3ccccc3)c3nc(-c4ccccc4N=Cc4cc(C(C)(C)C)ccc4O)oc3c2)c1. The number of phenols is 1. The Morgan fingerprint density at radius 3 is 2.07 bits per heavy atom. The Labute approximate surface area is 259 Å². The van der Waals surface area contributed by atoms with Crippen molar-refractivity contribution in [2.75, 3.05) is 0 Å². The predicted octanol–water partition coefficient (Wildman–Crippen LogP) is 10.9. The molecule has 5 aromatic carbocycles. The highest BCUT2D eigenvalue weighted by Crippen LogP contribution is 2.39. The number of hydrogen-bond acceptors (Lipinski definition) is 4. The summed E-state index contributed by atoms with van der Waals surface area (Å²) in [6.45, 7) is 13.2. The first-order valence-corrected chi connectivity index (χ1v) is 15.1. The van der Waals surface area contributed by atoms with Crippen molar-refractivity contribution in [3.8, 4) is 39.5 Å². The van der Waals surface area contributed by atoms with Gasteiger partial charge in [-0.25, -0.2) is 4.98 Å². The van der Waals surface area contributed by atoms with Gasteiger partial charge in [0, 0.05) is 17.3 Å².